The highest BCUT2D eigenvalue weighted by atomic mass is 79.9. The van der Waals surface area contributed by atoms with Gasteiger partial charge in [0.05, 0.1) is 22.5 Å². The molecule has 5 heteroatoms. The molecule has 0 fully saturated rings. The normalized spacial score (nSPS) is 12.0. The van der Waals surface area contributed by atoms with Gasteiger partial charge in [-0.3, -0.25) is 4.79 Å². The van der Waals surface area contributed by atoms with Crippen molar-refractivity contribution in [1.82, 2.24) is 5.32 Å². The molecule has 0 heterocycles. The van der Waals surface area contributed by atoms with E-state index in [9.17, 15) is 4.79 Å². The van der Waals surface area contributed by atoms with Crippen molar-refractivity contribution < 1.29 is 4.79 Å². The second-order valence-corrected chi connectivity index (χ2v) is 6.50. The predicted octanol–water partition coefficient (Wildman–Crippen LogP) is 5.18. The number of amides is 1. The number of halogens is 3. The summed E-state index contributed by atoms with van der Waals surface area (Å²) in [5.74, 6) is -0.0520. The third kappa shape index (κ3) is 4.73. The number of nitrogens with one attached hydrogen (secondary N) is 1. The maximum absolute atomic E-state index is 12.1. The molecular formula is C16H14BrCl2NO. The summed E-state index contributed by atoms with van der Waals surface area (Å²) < 4.78 is 1.01. The number of carbonyl (C=O) groups is 1. The minimum absolute atomic E-state index is 0.0478. The highest BCUT2D eigenvalue weighted by Gasteiger charge is 2.11. The lowest BCUT2D eigenvalue weighted by atomic mass is 10.1. The summed E-state index contributed by atoms with van der Waals surface area (Å²) in [6.45, 7) is 1.95. The van der Waals surface area contributed by atoms with E-state index >= 15 is 0 Å². The number of benzene rings is 2. The van der Waals surface area contributed by atoms with Crippen molar-refractivity contribution in [2.75, 3.05) is 0 Å². The molecule has 0 aliphatic rings. The van der Waals surface area contributed by atoms with Crippen molar-refractivity contribution in [3.63, 3.8) is 0 Å². The Kier molecular flexibility index (Phi) is 5.68. The maximum atomic E-state index is 12.1. The Morgan fingerprint density at radius 3 is 2.43 bits per heavy atom. The molecule has 1 N–H and O–H groups in total. The van der Waals surface area contributed by atoms with E-state index in [1.807, 2.05) is 31.2 Å². The number of rotatable bonds is 4. The second-order valence-electron chi connectivity index (χ2n) is 4.77. The van der Waals surface area contributed by atoms with Crippen LogP contribution in [0.25, 0.3) is 0 Å². The molecule has 110 valence electrons. The van der Waals surface area contributed by atoms with Gasteiger partial charge in [0.2, 0.25) is 5.91 Å². The molecule has 0 bridgehead atoms. The van der Waals surface area contributed by atoms with E-state index in [0.29, 0.717) is 10.0 Å². The first-order valence-corrected chi connectivity index (χ1v) is 7.99. The molecule has 2 nitrogen and oxygen atoms in total. The van der Waals surface area contributed by atoms with Crippen LogP contribution in [0.1, 0.15) is 24.1 Å². The van der Waals surface area contributed by atoms with Crippen molar-refractivity contribution in [3.8, 4) is 0 Å². The van der Waals surface area contributed by atoms with Gasteiger partial charge in [-0.1, -0.05) is 57.3 Å². The van der Waals surface area contributed by atoms with E-state index in [-0.39, 0.29) is 18.4 Å². The Bertz CT molecular complexity index is 643. The lowest BCUT2D eigenvalue weighted by Gasteiger charge is -2.14. The standard InChI is InChI=1S/C16H14BrCl2NO/c1-10(12-3-5-13(17)6-4-12)20-16(21)9-11-2-7-14(18)15(19)8-11/h2-8,10H,9H2,1H3,(H,20,21). The molecule has 1 atom stereocenters. The van der Waals surface area contributed by atoms with Crippen molar-refractivity contribution in [2.45, 2.75) is 19.4 Å². The summed E-state index contributed by atoms with van der Waals surface area (Å²) >= 11 is 15.2. The summed E-state index contributed by atoms with van der Waals surface area (Å²) in [5, 5.41) is 3.92. The van der Waals surface area contributed by atoms with Gasteiger partial charge < -0.3 is 5.32 Å². The fourth-order valence-electron chi connectivity index (χ4n) is 1.96. The predicted molar refractivity (Wildman–Crippen MR) is 90.9 cm³/mol. The minimum atomic E-state index is -0.0520. The van der Waals surface area contributed by atoms with Crippen LogP contribution >= 0.6 is 39.1 Å². The summed E-state index contributed by atoms with van der Waals surface area (Å²) in [5.41, 5.74) is 1.89. The lowest BCUT2D eigenvalue weighted by Crippen LogP contribution is -2.28. The molecule has 1 amide bonds. The van der Waals surface area contributed by atoms with Crippen LogP contribution in [0, 0.1) is 0 Å². The number of hydrogen-bond donors (Lipinski definition) is 1. The van der Waals surface area contributed by atoms with Crippen LogP contribution in [-0.2, 0) is 11.2 Å². The lowest BCUT2D eigenvalue weighted by molar-refractivity contribution is -0.121. The maximum Gasteiger partial charge on any atom is 0.224 e. The fraction of sp³-hybridized carbons (Fsp3) is 0.188. The minimum Gasteiger partial charge on any atom is -0.349 e. The first kappa shape index (κ1) is 16.3. The smallest absolute Gasteiger partial charge is 0.224 e. The molecule has 0 aliphatic carbocycles. The van der Waals surface area contributed by atoms with Crippen LogP contribution in [0.4, 0.5) is 0 Å². The second kappa shape index (κ2) is 7.30. The first-order valence-electron chi connectivity index (χ1n) is 6.44. The molecule has 0 aliphatic heterocycles. The van der Waals surface area contributed by atoms with Crippen molar-refractivity contribution in [3.05, 3.63) is 68.1 Å². The van der Waals surface area contributed by atoms with E-state index in [1.165, 1.54) is 0 Å². The van der Waals surface area contributed by atoms with Crippen LogP contribution in [0.15, 0.2) is 46.9 Å². The van der Waals surface area contributed by atoms with E-state index < -0.39 is 0 Å². The summed E-state index contributed by atoms with van der Waals surface area (Å²) in [4.78, 5) is 12.1. The molecule has 0 aromatic heterocycles. The van der Waals surface area contributed by atoms with E-state index in [2.05, 4.69) is 21.2 Å². The quantitative estimate of drug-likeness (QED) is 0.770. The van der Waals surface area contributed by atoms with Gasteiger partial charge in [-0.15, -0.1) is 0 Å². The molecule has 0 spiro atoms. The Balaban J connectivity index is 1.97. The molecule has 0 saturated heterocycles. The Labute approximate surface area is 142 Å². The molecule has 1 unspecified atom stereocenters. The van der Waals surface area contributed by atoms with Crippen molar-refractivity contribution >= 4 is 45.0 Å². The van der Waals surface area contributed by atoms with E-state index in [0.717, 1.165) is 15.6 Å². The molecule has 2 rings (SSSR count). The topological polar surface area (TPSA) is 29.1 Å². The average Bonchev–Trinajstić information content (AvgIpc) is 2.43. The largest absolute Gasteiger partial charge is 0.349 e. The third-order valence-corrected chi connectivity index (χ3v) is 4.36. The molecule has 21 heavy (non-hydrogen) atoms. The van der Waals surface area contributed by atoms with Gasteiger partial charge in [0.15, 0.2) is 0 Å². The van der Waals surface area contributed by atoms with Crippen LogP contribution in [0.5, 0.6) is 0 Å². The van der Waals surface area contributed by atoms with Crippen LogP contribution < -0.4 is 5.32 Å². The number of carbonyl (C=O) groups excluding carboxylic acids is 1. The fourth-order valence-corrected chi connectivity index (χ4v) is 2.55. The molecule has 2 aromatic rings. The van der Waals surface area contributed by atoms with E-state index in [1.54, 1.807) is 18.2 Å². The van der Waals surface area contributed by atoms with Gasteiger partial charge >= 0.3 is 0 Å². The van der Waals surface area contributed by atoms with E-state index in [4.69, 9.17) is 23.2 Å². The summed E-state index contributed by atoms with van der Waals surface area (Å²) in [6, 6.07) is 13.0. The zero-order valence-electron chi connectivity index (χ0n) is 11.4. The SMILES string of the molecule is CC(NC(=O)Cc1ccc(Cl)c(Cl)c1)c1ccc(Br)cc1. The molecule has 0 saturated carbocycles. The van der Waals surface area contributed by atoms with Crippen molar-refractivity contribution in [2.24, 2.45) is 0 Å². The van der Waals surface area contributed by atoms with Gasteiger partial charge in [-0.25, -0.2) is 0 Å². The van der Waals surface area contributed by atoms with Crippen LogP contribution in [-0.4, -0.2) is 5.91 Å². The zero-order chi connectivity index (χ0) is 15.4. The molecule has 0 radical (unpaired) electrons. The molecular weight excluding hydrogens is 373 g/mol. The van der Waals surface area contributed by atoms with Gasteiger partial charge in [0.25, 0.3) is 0 Å². The van der Waals surface area contributed by atoms with Gasteiger partial charge in [0.1, 0.15) is 0 Å². The van der Waals surface area contributed by atoms with Crippen LogP contribution in [0.3, 0.4) is 0 Å². The average molecular weight is 387 g/mol. The highest BCUT2D eigenvalue weighted by molar-refractivity contribution is 9.10. The third-order valence-electron chi connectivity index (χ3n) is 3.10. The summed E-state index contributed by atoms with van der Waals surface area (Å²) in [6.07, 6.45) is 0.276. The van der Waals surface area contributed by atoms with Crippen LogP contribution in [0.2, 0.25) is 10.0 Å². The van der Waals surface area contributed by atoms with Gasteiger partial charge in [-0.05, 0) is 42.3 Å². The van der Waals surface area contributed by atoms with Gasteiger partial charge in [-0.2, -0.15) is 0 Å². The zero-order valence-corrected chi connectivity index (χ0v) is 14.5. The monoisotopic (exact) mass is 385 g/mol. The van der Waals surface area contributed by atoms with Crippen molar-refractivity contribution in [1.29, 1.82) is 0 Å². The first-order chi connectivity index (χ1) is 9.95. The number of hydrogen-bond acceptors (Lipinski definition) is 1. The Morgan fingerprint density at radius 1 is 1.14 bits per heavy atom. The highest BCUT2D eigenvalue weighted by Crippen LogP contribution is 2.23. The Hall–Kier alpha value is -1.03. The van der Waals surface area contributed by atoms with Gasteiger partial charge in [0, 0.05) is 4.47 Å². The Morgan fingerprint density at radius 2 is 1.81 bits per heavy atom. The molecule has 2 aromatic carbocycles. The summed E-state index contributed by atoms with van der Waals surface area (Å²) in [7, 11) is 0.